The van der Waals surface area contributed by atoms with E-state index in [4.69, 9.17) is 4.52 Å². The van der Waals surface area contributed by atoms with Crippen molar-refractivity contribution in [2.75, 3.05) is 6.54 Å². The topological polar surface area (TPSA) is 63.8 Å². The van der Waals surface area contributed by atoms with Crippen molar-refractivity contribution in [3.05, 3.63) is 28.7 Å². The smallest absolute Gasteiger partial charge is 0.244 e. The molecule has 2 aliphatic rings. The fraction of sp³-hybridized carbons (Fsp3) is 0.500. The molecule has 5 nitrogen and oxygen atoms in total. The maximum Gasteiger partial charge on any atom is 0.244 e. The molecule has 1 N–H and O–H groups in total. The van der Waals surface area contributed by atoms with Crippen molar-refractivity contribution in [3.8, 4) is 11.5 Å². The summed E-state index contributed by atoms with van der Waals surface area (Å²) in [6.45, 7) is 1.07. The lowest BCUT2D eigenvalue weighted by molar-refractivity contribution is 0.302. The molecule has 6 heteroatoms. The predicted molar refractivity (Wildman–Crippen MR) is 76.8 cm³/mol. The Balaban J connectivity index is 1.60. The molecule has 1 aliphatic carbocycles. The normalized spacial score (nSPS) is 28.8. The maximum atomic E-state index is 5.47. The van der Waals surface area contributed by atoms with E-state index >= 15 is 0 Å². The van der Waals surface area contributed by atoms with E-state index in [1.807, 2.05) is 12.1 Å². The van der Waals surface area contributed by atoms with Gasteiger partial charge >= 0.3 is 0 Å². The van der Waals surface area contributed by atoms with Gasteiger partial charge in [-0.1, -0.05) is 11.6 Å². The highest BCUT2D eigenvalue weighted by Gasteiger charge is 2.42. The molecule has 0 radical (unpaired) electrons. The fourth-order valence-electron chi connectivity index (χ4n) is 3.43. The zero-order valence-corrected chi connectivity index (χ0v) is 12.5. The summed E-state index contributed by atoms with van der Waals surface area (Å²) in [6.07, 6.45) is 5.65. The van der Waals surface area contributed by atoms with Crippen LogP contribution in [0.3, 0.4) is 0 Å². The Morgan fingerprint density at radius 3 is 3.10 bits per heavy atom. The molecule has 0 amide bonds. The molecule has 20 heavy (non-hydrogen) atoms. The third kappa shape index (κ3) is 2.07. The molecular weight excluding hydrogens is 320 g/mol. The van der Waals surface area contributed by atoms with Crippen LogP contribution >= 0.6 is 15.9 Å². The summed E-state index contributed by atoms with van der Waals surface area (Å²) >= 11 is 3.37. The van der Waals surface area contributed by atoms with Crippen LogP contribution in [-0.4, -0.2) is 21.7 Å². The molecule has 2 fully saturated rings. The number of nitrogens with zero attached hydrogens (tertiary/aromatic N) is 3. The number of hydrogen-bond donors (Lipinski definition) is 1. The first kappa shape index (κ1) is 12.5. The summed E-state index contributed by atoms with van der Waals surface area (Å²) < 4.78 is 6.41. The SMILES string of the molecule is Brc1ccc(-c2noc(C3NCC4CCCC43)n2)nc1. The summed E-state index contributed by atoms with van der Waals surface area (Å²) in [7, 11) is 0. The van der Waals surface area contributed by atoms with E-state index in [9.17, 15) is 0 Å². The van der Waals surface area contributed by atoms with Gasteiger partial charge in [0, 0.05) is 10.7 Å². The second kappa shape index (κ2) is 4.93. The minimum absolute atomic E-state index is 0.221. The third-order valence-corrected chi connectivity index (χ3v) is 4.88. The summed E-state index contributed by atoms with van der Waals surface area (Å²) in [5.74, 6) is 2.71. The first-order valence-electron chi connectivity index (χ1n) is 7.00. The molecule has 104 valence electrons. The minimum Gasteiger partial charge on any atom is -0.337 e. The second-order valence-corrected chi connectivity index (χ2v) is 6.47. The van der Waals surface area contributed by atoms with Crippen LogP contribution in [0.4, 0.5) is 0 Å². The van der Waals surface area contributed by atoms with E-state index in [0.717, 1.165) is 22.6 Å². The largest absolute Gasteiger partial charge is 0.337 e. The lowest BCUT2D eigenvalue weighted by Gasteiger charge is -2.13. The Kier molecular flexibility index (Phi) is 3.07. The van der Waals surface area contributed by atoms with Crippen LogP contribution in [0.25, 0.3) is 11.5 Å². The van der Waals surface area contributed by atoms with Crippen LogP contribution in [0, 0.1) is 11.8 Å². The average Bonchev–Trinajstić information content (AvgIpc) is 3.15. The number of aromatic nitrogens is 3. The third-order valence-electron chi connectivity index (χ3n) is 4.41. The van der Waals surface area contributed by atoms with Gasteiger partial charge in [0.25, 0.3) is 0 Å². The van der Waals surface area contributed by atoms with Crippen molar-refractivity contribution in [1.82, 2.24) is 20.4 Å². The molecule has 0 bridgehead atoms. The van der Waals surface area contributed by atoms with Crippen molar-refractivity contribution < 1.29 is 4.52 Å². The Bertz CT molecular complexity index is 612. The lowest BCUT2D eigenvalue weighted by atomic mass is 9.94. The average molecular weight is 335 g/mol. The molecule has 4 rings (SSSR count). The van der Waals surface area contributed by atoms with E-state index < -0.39 is 0 Å². The molecule has 0 spiro atoms. The molecule has 3 unspecified atom stereocenters. The number of fused-ring (bicyclic) bond motifs is 1. The van der Waals surface area contributed by atoms with Crippen molar-refractivity contribution in [1.29, 1.82) is 0 Å². The van der Waals surface area contributed by atoms with Crippen molar-refractivity contribution in [3.63, 3.8) is 0 Å². The first-order valence-corrected chi connectivity index (χ1v) is 7.79. The van der Waals surface area contributed by atoms with Crippen molar-refractivity contribution in [2.45, 2.75) is 25.3 Å². The van der Waals surface area contributed by atoms with Gasteiger partial charge in [0.05, 0.1) is 6.04 Å². The van der Waals surface area contributed by atoms with Gasteiger partial charge in [0.15, 0.2) is 0 Å². The van der Waals surface area contributed by atoms with Gasteiger partial charge in [-0.15, -0.1) is 0 Å². The van der Waals surface area contributed by atoms with Gasteiger partial charge in [-0.05, 0) is 59.3 Å². The van der Waals surface area contributed by atoms with Crippen LogP contribution < -0.4 is 5.32 Å². The minimum atomic E-state index is 0.221. The van der Waals surface area contributed by atoms with Crippen LogP contribution in [0.15, 0.2) is 27.3 Å². The van der Waals surface area contributed by atoms with Crippen LogP contribution in [0.1, 0.15) is 31.2 Å². The van der Waals surface area contributed by atoms with Crippen LogP contribution in [0.5, 0.6) is 0 Å². The van der Waals surface area contributed by atoms with E-state index in [1.165, 1.54) is 19.3 Å². The number of halogens is 1. The quantitative estimate of drug-likeness (QED) is 0.914. The zero-order chi connectivity index (χ0) is 13.5. The number of rotatable bonds is 2. The fourth-order valence-corrected chi connectivity index (χ4v) is 3.67. The summed E-state index contributed by atoms with van der Waals surface area (Å²) in [4.78, 5) is 8.84. The highest BCUT2D eigenvalue weighted by molar-refractivity contribution is 9.10. The van der Waals surface area contributed by atoms with Gasteiger partial charge in [-0.3, -0.25) is 4.98 Å². The first-order chi connectivity index (χ1) is 9.81. The van der Waals surface area contributed by atoms with E-state index in [2.05, 4.69) is 36.4 Å². The highest BCUT2D eigenvalue weighted by Crippen LogP contribution is 2.44. The zero-order valence-electron chi connectivity index (χ0n) is 10.9. The van der Waals surface area contributed by atoms with Gasteiger partial charge < -0.3 is 9.84 Å². The highest BCUT2D eigenvalue weighted by atomic mass is 79.9. The monoisotopic (exact) mass is 334 g/mol. The molecular formula is C14H15BrN4O. The Hall–Kier alpha value is -1.27. The molecule has 1 saturated heterocycles. The van der Waals surface area contributed by atoms with Gasteiger partial charge in [-0.25, -0.2) is 0 Å². The van der Waals surface area contributed by atoms with Gasteiger partial charge in [0.1, 0.15) is 5.69 Å². The van der Waals surface area contributed by atoms with Gasteiger partial charge in [0.2, 0.25) is 11.7 Å². The van der Waals surface area contributed by atoms with Crippen LogP contribution in [0.2, 0.25) is 0 Å². The summed E-state index contributed by atoms with van der Waals surface area (Å²) in [6, 6.07) is 4.04. The van der Waals surface area contributed by atoms with Crippen molar-refractivity contribution >= 4 is 15.9 Å². The summed E-state index contributed by atoms with van der Waals surface area (Å²) in [5, 5.41) is 7.60. The standard InChI is InChI=1S/C14H15BrN4O/c15-9-4-5-11(16-7-9)13-18-14(20-19-13)12-10-3-1-2-8(10)6-17-12/h4-5,7-8,10,12,17H,1-3,6H2. The molecule has 1 saturated carbocycles. The maximum absolute atomic E-state index is 5.47. The lowest BCUT2D eigenvalue weighted by Crippen LogP contribution is -2.18. The van der Waals surface area contributed by atoms with E-state index in [1.54, 1.807) is 6.20 Å². The second-order valence-electron chi connectivity index (χ2n) is 5.56. The number of pyridine rings is 1. The number of hydrogen-bond acceptors (Lipinski definition) is 5. The Morgan fingerprint density at radius 1 is 1.30 bits per heavy atom. The van der Waals surface area contributed by atoms with E-state index in [0.29, 0.717) is 17.6 Å². The van der Waals surface area contributed by atoms with E-state index in [-0.39, 0.29) is 6.04 Å². The molecule has 1 aliphatic heterocycles. The Morgan fingerprint density at radius 2 is 2.25 bits per heavy atom. The van der Waals surface area contributed by atoms with Crippen molar-refractivity contribution in [2.24, 2.45) is 11.8 Å². The molecule has 3 heterocycles. The van der Waals surface area contributed by atoms with Gasteiger partial charge in [-0.2, -0.15) is 4.98 Å². The summed E-state index contributed by atoms with van der Waals surface area (Å²) in [5.41, 5.74) is 0.740. The molecule has 0 aromatic carbocycles. The molecule has 2 aromatic heterocycles. The predicted octanol–water partition coefficient (Wildman–Crippen LogP) is 2.95. The Labute approximate surface area is 125 Å². The van der Waals surface area contributed by atoms with Crippen LogP contribution in [-0.2, 0) is 0 Å². The number of nitrogens with one attached hydrogen (secondary N) is 1. The molecule has 3 atom stereocenters. The molecule has 2 aromatic rings.